The van der Waals surface area contributed by atoms with Crippen LogP contribution in [0.2, 0.25) is 5.02 Å². The number of hydrogen-bond acceptors (Lipinski definition) is 8. The molecule has 2 aromatic heterocycles. The van der Waals surface area contributed by atoms with E-state index in [0.717, 1.165) is 48.5 Å². The van der Waals surface area contributed by atoms with Crippen molar-refractivity contribution in [1.29, 1.82) is 0 Å². The van der Waals surface area contributed by atoms with Crippen molar-refractivity contribution >= 4 is 51.8 Å². The van der Waals surface area contributed by atoms with Gasteiger partial charge in [-0.25, -0.2) is 14.6 Å². The molecular formula is C20H22ClN7O3S. The molecule has 4 rings (SSSR count). The summed E-state index contributed by atoms with van der Waals surface area (Å²) in [5, 5.41) is 19.9. The molecule has 0 aliphatic carbocycles. The minimum Gasteiger partial charge on any atom is -0.356 e. The summed E-state index contributed by atoms with van der Waals surface area (Å²) < 4.78 is 1.74. The third kappa shape index (κ3) is 4.63. The molecule has 1 aliphatic rings. The summed E-state index contributed by atoms with van der Waals surface area (Å²) in [4.78, 5) is 34.6. The van der Waals surface area contributed by atoms with Crippen LogP contribution in [0.5, 0.6) is 0 Å². The number of amides is 1. The number of nitro benzene ring substituents is 1. The van der Waals surface area contributed by atoms with Crippen molar-refractivity contribution in [2.75, 3.05) is 30.3 Å². The van der Waals surface area contributed by atoms with Gasteiger partial charge in [-0.3, -0.25) is 14.9 Å². The zero-order valence-corrected chi connectivity index (χ0v) is 19.0. The second-order valence-electron chi connectivity index (χ2n) is 7.24. The van der Waals surface area contributed by atoms with E-state index in [-0.39, 0.29) is 22.8 Å². The highest BCUT2D eigenvalue weighted by atomic mass is 35.5. The number of nitrogens with zero attached hydrogens (tertiary/aromatic N) is 6. The van der Waals surface area contributed by atoms with Gasteiger partial charge in [0.15, 0.2) is 10.8 Å². The maximum absolute atomic E-state index is 12.5. The van der Waals surface area contributed by atoms with Gasteiger partial charge in [0.2, 0.25) is 0 Å². The maximum atomic E-state index is 12.5. The summed E-state index contributed by atoms with van der Waals surface area (Å²) in [5.74, 6) is 1.28. The third-order valence-electron chi connectivity index (χ3n) is 5.15. The van der Waals surface area contributed by atoms with Crippen molar-refractivity contribution in [3.05, 3.63) is 45.1 Å². The highest BCUT2D eigenvalue weighted by Gasteiger charge is 2.21. The molecule has 3 heterocycles. The van der Waals surface area contributed by atoms with Gasteiger partial charge in [-0.1, -0.05) is 30.3 Å². The van der Waals surface area contributed by atoms with Gasteiger partial charge in [-0.15, -0.1) is 0 Å². The molecule has 0 bridgehead atoms. The zero-order chi connectivity index (χ0) is 22.7. The van der Waals surface area contributed by atoms with Crippen LogP contribution in [-0.4, -0.2) is 56.0 Å². The first-order valence-electron chi connectivity index (χ1n) is 10.3. The predicted molar refractivity (Wildman–Crippen MR) is 124 cm³/mol. The normalized spacial score (nSPS) is 13.6. The Morgan fingerprint density at radius 1 is 1.31 bits per heavy atom. The SMILES string of the molecule is CCSc1nc(N2CCCC2)c2cnn(CCNC(=O)c3cc([N+](=O)[O-])ccc3Cl)c2n1. The molecule has 0 saturated carbocycles. The Balaban J connectivity index is 1.52. The molecule has 0 radical (unpaired) electrons. The Hall–Kier alpha value is -2.92. The van der Waals surface area contributed by atoms with Crippen molar-refractivity contribution in [1.82, 2.24) is 25.1 Å². The molecule has 1 aliphatic heterocycles. The van der Waals surface area contributed by atoms with E-state index in [4.69, 9.17) is 16.6 Å². The summed E-state index contributed by atoms with van der Waals surface area (Å²) >= 11 is 7.63. The number of anilines is 1. The monoisotopic (exact) mass is 475 g/mol. The lowest BCUT2D eigenvalue weighted by Gasteiger charge is -2.17. The molecule has 3 aromatic rings. The first-order valence-corrected chi connectivity index (χ1v) is 11.7. The number of nitro groups is 1. The zero-order valence-electron chi connectivity index (χ0n) is 17.5. The molecule has 168 valence electrons. The second-order valence-corrected chi connectivity index (χ2v) is 8.88. The van der Waals surface area contributed by atoms with Crippen LogP contribution in [0.1, 0.15) is 30.1 Å². The number of non-ortho nitro benzene ring substituents is 1. The molecule has 1 amide bonds. The number of fused-ring (bicyclic) bond motifs is 1. The number of carbonyl (C=O) groups is 1. The third-order valence-corrected chi connectivity index (χ3v) is 6.21. The minimum atomic E-state index is -0.563. The number of benzene rings is 1. The van der Waals surface area contributed by atoms with Gasteiger partial charge in [0.25, 0.3) is 11.6 Å². The number of halogens is 1. The van der Waals surface area contributed by atoms with Crippen molar-refractivity contribution in [3.63, 3.8) is 0 Å². The number of thioether (sulfide) groups is 1. The van der Waals surface area contributed by atoms with Crippen molar-refractivity contribution in [2.45, 2.75) is 31.5 Å². The van der Waals surface area contributed by atoms with Crippen LogP contribution in [0.3, 0.4) is 0 Å². The molecule has 0 spiro atoms. The Kier molecular flexibility index (Phi) is 6.75. The minimum absolute atomic E-state index is 0.0615. The lowest BCUT2D eigenvalue weighted by molar-refractivity contribution is -0.384. The summed E-state index contributed by atoms with van der Waals surface area (Å²) in [6.45, 7) is 4.63. The summed E-state index contributed by atoms with van der Waals surface area (Å²) in [6, 6.07) is 3.78. The van der Waals surface area contributed by atoms with E-state index in [1.807, 2.05) is 0 Å². The first kappa shape index (κ1) is 22.3. The van der Waals surface area contributed by atoms with Crippen LogP contribution < -0.4 is 10.2 Å². The van der Waals surface area contributed by atoms with Gasteiger partial charge in [0.05, 0.1) is 33.6 Å². The van der Waals surface area contributed by atoms with Crippen LogP contribution in [0.15, 0.2) is 29.6 Å². The first-order chi connectivity index (χ1) is 15.5. The van der Waals surface area contributed by atoms with Crippen LogP contribution in [0.25, 0.3) is 11.0 Å². The van der Waals surface area contributed by atoms with E-state index >= 15 is 0 Å². The van der Waals surface area contributed by atoms with Crippen LogP contribution in [-0.2, 0) is 6.54 Å². The fourth-order valence-electron chi connectivity index (χ4n) is 3.62. The maximum Gasteiger partial charge on any atom is 0.270 e. The molecule has 1 fully saturated rings. The summed E-state index contributed by atoms with van der Waals surface area (Å²) in [7, 11) is 0. The number of carbonyl (C=O) groups excluding carboxylic acids is 1. The van der Waals surface area contributed by atoms with Crippen LogP contribution in [0, 0.1) is 10.1 Å². The highest BCUT2D eigenvalue weighted by Crippen LogP contribution is 2.29. The molecule has 0 unspecified atom stereocenters. The fraction of sp³-hybridized carbons (Fsp3) is 0.400. The molecule has 1 N–H and O–H groups in total. The van der Waals surface area contributed by atoms with E-state index in [2.05, 4.69) is 27.2 Å². The highest BCUT2D eigenvalue weighted by molar-refractivity contribution is 7.99. The number of aromatic nitrogens is 4. The summed E-state index contributed by atoms with van der Waals surface area (Å²) in [6.07, 6.45) is 4.05. The quantitative estimate of drug-likeness (QED) is 0.227. The van der Waals surface area contributed by atoms with Crippen molar-refractivity contribution < 1.29 is 9.72 Å². The standard InChI is InChI=1S/C20H22ClN7O3S/c1-2-32-20-24-17(26-8-3-4-9-26)15-12-23-27(18(15)25-20)10-7-22-19(29)14-11-13(28(30)31)5-6-16(14)21/h5-6,11-12H,2-4,7-10H2,1H3,(H,22,29). The summed E-state index contributed by atoms with van der Waals surface area (Å²) in [5.41, 5.74) is 0.594. The molecule has 10 nitrogen and oxygen atoms in total. The topological polar surface area (TPSA) is 119 Å². The molecule has 32 heavy (non-hydrogen) atoms. The van der Waals surface area contributed by atoms with Gasteiger partial charge in [-0.05, 0) is 24.7 Å². The van der Waals surface area contributed by atoms with Gasteiger partial charge >= 0.3 is 0 Å². The van der Waals surface area contributed by atoms with E-state index < -0.39 is 10.8 Å². The van der Waals surface area contributed by atoms with E-state index in [1.54, 1.807) is 22.6 Å². The smallest absolute Gasteiger partial charge is 0.270 e. The van der Waals surface area contributed by atoms with Crippen LogP contribution in [0.4, 0.5) is 11.5 Å². The predicted octanol–water partition coefficient (Wildman–Crippen LogP) is 3.53. The van der Waals surface area contributed by atoms with Gasteiger partial charge in [0.1, 0.15) is 5.82 Å². The molecule has 1 aromatic carbocycles. The molecular weight excluding hydrogens is 454 g/mol. The molecule has 12 heteroatoms. The largest absolute Gasteiger partial charge is 0.356 e. The van der Waals surface area contributed by atoms with E-state index in [1.165, 1.54) is 18.2 Å². The van der Waals surface area contributed by atoms with E-state index in [0.29, 0.717) is 11.7 Å². The van der Waals surface area contributed by atoms with Gasteiger partial charge in [-0.2, -0.15) is 5.10 Å². The van der Waals surface area contributed by atoms with E-state index in [9.17, 15) is 14.9 Å². The second kappa shape index (κ2) is 9.70. The fourth-order valence-corrected chi connectivity index (χ4v) is 4.38. The van der Waals surface area contributed by atoms with Crippen molar-refractivity contribution in [3.8, 4) is 0 Å². The number of nitrogens with one attached hydrogen (secondary N) is 1. The lowest BCUT2D eigenvalue weighted by atomic mass is 10.2. The Morgan fingerprint density at radius 3 is 2.81 bits per heavy atom. The Morgan fingerprint density at radius 2 is 2.09 bits per heavy atom. The van der Waals surface area contributed by atoms with Gasteiger partial charge in [0, 0.05) is 31.8 Å². The molecule has 1 saturated heterocycles. The van der Waals surface area contributed by atoms with Crippen molar-refractivity contribution in [2.24, 2.45) is 0 Å². The number of hydrogen-bond donors (Lipinski definition) is 1. The molecule has 0 atom stereocenters. The van der Waals surface area contributed by atoms with Crippen LogP contribution >= 0.6 is 23.4 Å². The van der Waals surface area contributed by atoms with Gasteiger partial charge < -0.3 is 10.2 Å². The Labute approximate surface area is 193 Å². The Bertz CT molecular complexity index is 1160. The average Bonchev–Trinajstić information content (AvgIpc) is 3.44. The number of rotatable bonds is 8. The lowest BCUT2D eigenvalue weighted by Crippen LogP contribution is -2.28. The average molecular weight is 476 g/mol.